The molecule has 0 saturated carbocycles. The summed E-state index contributed by atoms with van der Waals surface area (Å²) in [4.78, 5) is 5.36. The molecule has 3 aromatic carbocycles. The number of fused-ring (bicyclic) bond motifs is 1. The van der Waals surface area contributed by atoms with E-state index >= 15 is 0 Å². The van der Waals surface area contributed by atoms with Crippen LogP contribution in [0, 0.1) is 5.82 Å². The van der Waals surface area contributed by atoms with Gasteiger partial charge in [-0.2, -0.15) is 0 Å². The van der Waals surface area contributed by atoms with Gasteiger partial charge >= 0.3 is 0 Å². The first-order valence-electron chi connectivity index (χ1n) is 9.68. The highest BCUT2D eigenvalue weighted by Gasteiger charge is 2.05. The van der Waals surface area contributed by atoms with E-state index in [4.69, 9.17) is 11.6 Å². The SMILES string of the molecule is Fc1ccc(-c2ccc(CNCCNSc3cccc4cnccc34)cc2Cl)cc1. The minimum Gasteiger partial charge on any atom is -0.311 e. The number of benzene rings is 3. The number of hydrogen-bond acceptors (Lipinski definition) is 4. The number of halogens is 2. The number of hydrogen-bond donors (Lipinski definition) is 2. The molecule has 0 unspecified atom stereocenters. The molecule has 0 aliphatic carbocycles. The van der Waals surface area contributed by atoms with Crippen LogP contribution in [0.1, 0.15) is 5.56 Å². The summed E-state index contributed by atoms with van der Waals surface area (Å²) < 4.78 is 16.5. The minimum absolute atomic E-state index is 0.250. The Hall–Kier alpha value is -2.44. The van der Waals surface area contributed by atoms with E-state index in [0.29, 0.717) is 5.02 Å². The van der Waals surface area contributed by atoms with Crippen LogP contribution >= 0.6 is 23.5 Å². The highest BCUT2D eigenvalue weighted by molar-refractivity contribution is 7.97. The lowest BCUT2D eigenvalue weighted by Crippen LogP contribution is -2.23. The molecule has 1 heterocycles. The van der Waals surface area contributed by atoms with Gasteiger partial charge in [-0.1, -0.05) is 48.0 Å². The molecular weight excluding hydrogens is 417 g/mol. The summed E-state index contributed by atoms with van der Waals surface area (Å²) in [6.07, 6.45) is 3.70. The normalized spacial score (nSPS) is 11.1. The topological polar surface area (TPSA) is 37.0 Å². The van der Waals surface area contributed by atoms with Gasteiger partial charge in [-0.05, 0) is 58.8 Å². The highest BCUT2D eigenvalue weighted by atomic mass is 35.5. The van der Waals surface area contributed by atoms with Gasteiger partial charge in [-0.15, -0.1) is 0 Å². The lowest BCUT2D eigenvalue weighted by Gasteiger charge is -2.10. The smallest absolute Gasteiger partial charge is 0.123 e. The standard InChI is InChI=1S/C24H21ClFN3S/c25-23-14-17(4-9-21(23)18-5-7-20(26)8-6-18)15-28-12-13-29-30-24-3-1-2-19-16-27-11-10-22(19)24/h1-11,14,16,28-29H,12-13,15H2. The summed E-state index contributed by atoms with van der Waals surface area (Å²) in [7, 11) is 0. The van der Waals surface area contributed by atoms with E-state index < -0.39 is 0 Å². The summed E-state index contributed by atoms with van der Waals surface area (Å²) in [5.41, 5.74) is 2.93. The summed E-state index contributed by atoms with van der Waals surface area (Å²) in [6, 6.07) is 20.6. The van der Waals surface area contributed by atoms with Crippen LogP contribution in [0.5, 0.6) is 0 Å². The second kappa shape index (κ2) is 10.0. The van der Waals surface area contributed by atoms with E-state index in [0.717, 1.165) is 41.7 Å². The summed E-state index contributed by atoms with van der Waals surface area (Å²) in [5, 5.41) is 6.44. The number of nitrogens with one attached hydrogen (secondary N) is 2. The lowest BCUT2D eigenvalue weighted by atomic mass is 10.0. The van der Waals surface area contributed by atoms with E-state index in [-0.39, 0.29) is 5.82 Å². The van der Waals surface area contributed by atoms with E-state index in [2.05, 4.69) is 27.2 Å². The number of rotatable bonds is 8. The van der Waals surface area contributed by atoms with Crippen molar-refractivity contribution < 1.29 is 4.39 Å². The molecular formula is C24H21ClFN3S. The van der Waals surface area contributed by atoms with E-state index in [1.54, 1.807) is 24.1 Å². The third-order valence-corrected chi connectivity index (χ3v) is 5.98. The van der Waals surface area contributed by atoms with E-state index in [1.165, 1.54) is 22.4 Å². The van der Waals surface area contributed by atoms with Gasteiger partial charge in [-0.25, -0.2) is 4.39 Å². The first-order valence-corrected chi connectivity index (χ1v) is 10.9. The van der Waals surface area contributed by atoms with Crippen LogP contribution in [0.4, 0.5) is 4.39 Å². The minimum atomic E-state index is -0.250. The van der Waals surface area contributed by atoms with Gasteiger partial charge in [0.25, 0.3) is 0 Å². The second-order valence-electron chi connectivity index (χ2n) is 6.85. The summed E-state index contributed by atoms with van der Waals surface area (Å²) in [6.45, 7) is 2.39. The third-order valence-electron chi connectivity index (χ3n) is 4.74. The van der Waals surface area contributed by atoms with Gasteiger partial charge in [0.15, 0.2) is 0 Å². The Balaban J connectivity index is 1.25. The van der Waals surface area contributed by atoms with Crippen molar-refractivity contribution in [2.24, 2.45) is 0 Å². The average Bonchev–Trinajstić information content (AvgIpc) is 2.77. The van der Waals surface area contributed by atoms with Gasteiger partial charge in [0.1, 0.15) is 5.82 Å². The van der Waals surface area contributed by atoms with Gasteiger partial charge in [0.2, 0.25) is 0 Å². The number of nitrogens with zero attached hydrogens (tertiary/aromatic N) is 1. The van der Waals surface area contributed by atoms with Crippen LogP contribution < -0.4 is 10.0 Å². The zero-order chi connectivity index (χ0) is 20.8. The third kappa shape index (κ3) is 5.18. The molecule has 0 amide bonds. The maximum Gasteiger partial charge on any atom is 0.123 e. The number of aromatic nitrogens is 1. The zero-order valence-corrected chi connectivity index (χ0v) is 17.8. The van der Waals surface area contributed by atoms with Gasteiger partial charge < -0.3 is 5.32 Å². The largest absolute Gasteiger partial charge is 0.311 e. The molecule has 0 saturated heterocycles. The molecule has 4 aromatic rings. The van der Waals surface area contributed by atoms with Gasteiger partial charge in [0.05, 0.1) is 0 Å². The number of pyridine rings is 1. The van der Waals surface area contributed by atoms with Crippen molar-refractivity contribution in [1.29, 1.82) is 0 Å². The Morgan fingerprint density at radius 2 is 1.83 bits per heavy atom. The second-order valence-corrected chi connectivity index (χ2v) is 8.19. The molecule has 0 bridgehead atoms. The monoisotopic (exact) mass is 437 g/mol. The fraction of sp³-hybridized carbons (Fsp3) is 0.125. The van der Waals surface area contributed by atoms with Crippen molar-refractivity contribution in [2.75, 3.05) is 13.1 Å². The van der Waals surface area contributed by atoms with Crippen molar-refractivity contribution in [2.45, 2.75) is 11.4 Å². The van der Waals surface area contributed by atoms with Gasteiger partial charge in [-0.3, -0.25) is 9.71 Å². The van der Waals surface area contributed by atoms with Crippen LogP contribution in [0.2, 0.25) is 5.02 Å². The maximum absolute atomic E-state index is 13.1. The molecule has 0 radical (unpaired) electrons. The molecule has 0 spiro atoms. The van der Waals surface area contributed by atoms with Crippen molar-refractivity contribution in [3.63, 3.8) is 0 Å². The molecule has 0 atom stereocenters. The van der Waals surface area contributed by atoms with Crippen LogP contribution in [0.25, 0.3) is 21.9 Å². The van der Waals surface area contributed by atoms with E-state index in [1.807, 2.05) is 42.7 Å². The first-order chi connectivity index (χ1) is 14.7. The Bertz CT molecular complexity index is 1130. The average molecular weight is 438 g/mol. The van der Waals surface area contributed by atoms with E-state index in [9.17, 15) is 4.39 Å². The molecule has 0 aliphatic heterocycles. The molecule has 2 N–H and O–H groups in total. The Labute approximate surface area is 184 Å². The Morgan fingerprint density at radius 1 is 0.967 bits per heavy atom. The Kier molecular flexibility index (Phi) is 6.97. The Morgan fingerprint density at radius 3 is 2.67 bits per heavy atom. The lowest BCUT2D eigenvalue weighted by molar-refractivity contribution is 0.628. The fourth-order valence-electron chi connectivity index (χ4n) is 3.21. The van der Waals surface area contributed by atoms with Gasteiger partial charge in [0, 0.05) is 52.9 Å². The zero-order valence-electron chi connectivity index (χ0n) is 16.2. The molecule has 1 aromatic heterocycles. The molecule has 0 fully saturated rings. The van der Waals surface area contributed by atoms with Crippen LogP contribution in [0.3, 0.4) is 0 Å². The summed E-state index contributed by atoms with van der Waals surface area (Å²) >= 11 is 8.07. The van der Waals surface area contributed by atoms with Crippen LogP contribution in [0.15, 0.2) is 84.0 Å². The first kappa shape index (κ1) is 20.8. The molecule has 6 heteroatoms. The highest BCUT2D eigenvalue weighted by Crippen LogP contribution is 2.29. The molecule has 152 valence electrons. The summed E-state index contributed by atoms with van der Waals surface area (Å²) in [5.74, 6) is -0.250. The quantitative estimate of drug-likeness (QED) is 0.258. The predicted octanol–water partition coefficient (Wildman–Crippen LogP) is 6.08. The van der Waals surface area contributed by atoms with Crippen molar-refractivity contribution in [3.8, 4) is 11.1 Å². The van der Waals surface area contributed by atoms with Crippen LogP contribution in [-0.2, 0) is 6.54 Å². The van der Waals surface area contributed by atoms with Crippen molar-refractivity contribution in [3.05, 3.63) is 95.5 Å². The van der Waals surface area contributed by atoms with Crippen LogP contribution in [-0.4, -0.2) is 18.1 Å². The molecule has 4 rings (SSSR count). The fourth-order valence-corrected chi connectivity index (χ4v) is 4.33. The molecule has 30 heavy (non-hydrogen) atoms. The predicted molar refractivity (Wildman–Crippen MR) is 124 cm³/mol. The molecule has 0 aliphatic rings. The maximum atomic E-state index is 13.1. The molecule has 3 nitrogen and oxygen atoms in total. The van der Waals surface area contributed by atoms with Crippen molar-refractivity contribution >= 4 is 34.3 Å². The van der Waals surface area contributed by atoms with Crippen molar-refractivity contribution in [1.82, 2.24) is 15.0 Å².